The van der Waals surface area contributed by atoms with Gasteiger partial charge in [-0.1, -0.05) is 11.6 Å². The minimum Gasteiger partial charge on any atom is -0.391 e. The number of nitrogens with zero attached hydrogens (tertiary/aromatic N) is 1. The number of halogens is 4. The van der Waals surface area contributed by atoms with Gasteiger partial charge in [0.25, 0.3) is 0 Å². The van der Waals surface area contributed by atoms with E-state index in [2.05, 4.69) is 5.32 Å². The van der Waals surface area contributed by atoms with Crippen LogP contribution in [0.2, 0.25) is 5.02 Å². The van der Waals surface area contributed by atoms with Gasteiger partial charge in [0.2, 0.25) is 5.91 Å². The van der Waals surface area contributed by atoms with Crippen molar-refractivity contribution in [1.29, 1.82) is 0 Å². The highest BCUT2D eigenvalue weighted by molar-refractivity contribution is 6.30. The molecule has 1 aliphatic rings. The predicted molar refractivity (Wildman–Crippen MR) is 72.3 cm³/mol. The topological polar surface area (TPSA) is 69.6 Å². The number of hydrogen-bond acceptors (Lipinski definition) is 3. The summed E-state index contributed by atoms with van der Waals surface area (Å²) in [4.78, 5) is 23.7. The van der Waals surface area contributed by atoms with Crippen molar-refractivity contribution in [1.82, 2.24) is 4.90 Å². The van der Waals surface area contributed by atoms with E-state index in [1.807, 2.05) is 0 Å². The van der Waals surface area contributed by atoms with Crippen molar-refractivity contribution in [3.05, 3.63) is 29.3 Å². The minimum absolute atomic E-state index is 0.249. The highest BCUT2D eigenvalue weighted by atomic mass is 35.5. The fourth-order valence-corrected chi connectivity index (χ4v) is 2.33. The van der Waals surface area contributed by atoms with Gasteiger partial charge in [-0.05, 0) is 24.3 Å². The zero-order chi connectivity index (χ0) is 16.5. The molecule has 0 unspecified atom stereocenters. The lowest BCUT2D eigenvalue weighted by atomic mass is 10.1. The molecular weight excluding hydrogens is 325 g/mol. The third-order valence-corrected chi connectivity index (χ3v) is 3.45. The fourth-order valence-electron chi connectivity index (χ4n) is 2.21. The van der Waals surface area contributed by atoms with Crippen molar-refractivity contribution < 1.29 is 27.9 Å². The van der Waals surface area contributed by atoms with Crippen molar-refractivity contribution in [3.63, 3.8) is 0 Å². The first-order chi connectivity index (χ1) is 10.2. The maximum Gasteiger partial charge on any atom is 0.471 e. The van der Waals surface area contributed by atoms with E-state index in [4.69, 9.17) is 11.6 Å². The molecule has 0 aliphatic carbocycles. The lowest BCUT2D eigenvalue weighted by Crippen LogP contribution is -2.48. The molecule has 1 aromatic rings. The van der Waals surface area contributed by atoms with Crippen molar-refractivity contribution >= 4 is 29.1 Å². The highest BCUT2D eigenvalue weighted by Gasteiger charge is 2.49. The van der Waals surface area contributed by atoms with Gasteiger partial charge in [0.1, 0.15) is 6.04 Å². The van der Waals surface area contributed by atoms with Gasteiger partial charge < -0.3 is 15.3 Å². The maximum atomic E-state index is 12.5. The lowest BCUT2D eigenvalue weighted by Gasteiger charge is -2.24. The molecule has 2 rings (SSSR count). The molecule has 2 N–H and O–H groups in total. The smallest absolute Gasteiger partial charge is 0.391 e. The SMILES string of the molecule is O=C(Nc1ccc(Cl)cc1)[C@H]1C[C@H](O)CN1C(=O)C(F)(F)F. The summed E-state index contributed by atoms with van der Waals surface area (Å²) in [5, 5.41) is 12.3. The van der Waals surface area contributed by atoms with Gasteiger partial charge in [0.05, 0.1) is 6.10 Å². The van der Waals surface area contributed by atoms with E-state index in [1.165, 1.54) is 24.3 Å². The molecule has 9 heteroatoms. The van der Waals surface area contributed by atoms with Crippen LogP contribution in [0, 0.1) is 0 Å². The number of hydrogen-bond donors (Lipinski definition) is 2. The van der Waals surface area contributed by atoms with E-state index in [9.17, 15) is 27.9 Å². The zero-order valence-corrected chi connectivity index (χ0v) is 11.9. The number of nitrogens with one attached hydrogen (secondary N) is 1. The zero-order valence-electron chi connectivity index (χ0n) is 11.1. The molecule has 22 heavy (non-hydrogen) atoms. The Kier molecular flexibility index (Phi) is 4.62. The van der Waals surface area contributed by atoms with E-state index in [0.717, 1.165) is 0 Å². The fraction of sp³-hybridized carbons (Fsp3) is 0.385. The first kappa shape index (κ1) is 16.6. The summed E-state index contributed by atoms with van der Waals surface area (Å²) in [7, 11) is 0. The normalized spacial score (nSPS) is 21.8. The van der Waals surface area contributed by atoms with Gasteiger partial charge in [-0.25, -0.2) is 0 Å². The highest BCUT2D eigenvalue weighted by Crippen LogP contribution is 2.27. The van der Waals surface area contributed by atoms with Crippen molar-refractivity contribution in [3.8, 4) is 0 Å². The third kappa shape index (κ3) is 3.69. The summed E-state index contributed by atoms with van der Waals surface area (Å²) in [5.41, 5.74) is 0.329. The number of carbonyl (C=O) groups excluding carboxylic acids is 2. The van der Waals surface area contributed by atoms with Gasteiger partial charge in [0, 0.05) is 23.7 Å². The molecule has 0 saturated carbocycles. The Labute approximate surface area is 128 Å². The third-order valence-electron chi connectivity index (χ3n) is 3.20. The molecule has 0 radical (unpaired) electrons. The van der Waals surface area contributed by atoms with Crippen LogP contribution in [0.5, 0.6) is 0 Å². The molecule has 0 spiro atoms. The number of aliphatic hydroxyl groups excluding tert-OH is 1. The first-order valence-electron chi connectivity index (χ1n) is 6.31. The minimum atomic E-state index is -5.09. The first-order valence-corrected chi connectivity index (χ1v) is 6.68. The van der Waals surface area contributed by atoms with Crippen LogP contribution in [0.25, 0.3) is 0 Å². The average molecular weight is 337 g/mol. The van der Waals surface area contributed by atoms with Crippen LogP contribution in [0.15, 0.2) is 24.3 Å². The number of aliphatic hydroxyl groups is 1. The number of amides is 2. The summed E-state index contributed by atoms with van der Waals surface area (Å²) in [6.07, 6.45) is -6.52. The molecule has 5 nitrogen and oxygen atoms in total. The molecule has 120 valence electrons. The molecule has 2 amide bonds. The Morgan fingerprint density at radius 3 is 2.41 bits per heavy atom. The van der Waals surface area contributed by atoms with Crippen LogP contribution in [0.1, 0.15) is 6.42 Å². The van der Waals surface area contributed by atoms with Gasteiger partial charge in [0.15, 0.2) is 0 Å². The van der Waals surface area contributed by atoms with E-state index < -0.39 is 36.7 Å². The van der Waals surface area contributed by atoms with Crippen molar-refractivity contribution in [2.45, 2.75) is 24.7 Å². The Morgan fingerprint density at radius 2 is 1.86 bits per heavy atom. The van der Waals surface area contributed by atoms with Crippen molar-refractivity contribution in [2.75, 3.05) is 11.9 Å². The second-order valence-corrected chi connectivity index (χ2v) is 5.29. The lowest BCUT2D eigenvalue weighted by molar-refractivity contribution is -0.186. The molecule has 1 heterocycles. The largest absolute Gasteiger partial charge is 0.471 e. The average Bonchev–Trinajstić information content (AvgIpc) is 2.81. The van der Waals surface area contributed by atoms with Crippen LogP contribution in [-0.2, 0) is 9.59 Å². The Morgan fingerprint density at radius 1 is 1.27 bits per heavy atom. The number of alkyl halides is 3. The van der Waals surface area contributed by atoms with Gasteiger partial charge in [-0.15, -0.1) is 0 Å². The van der Waals surface area contributed by atoms with E-state index in [-0.39, 0.29) is 6.42 Å². The molecule has 1 fully saturated rings. The summed E-state index contributed by atoms with van der Waals surface area (Å²) in [5.74, 6) is -2.93. The monoisotopic (exact) mass is 336 g/mol. The molecule has 1 aromatic carbocycles. The van der Waals surface area contributed by atoms with Gasteiger partial charge in [-0.3, -0.25) is 9.59 Å². The number of rotatable bonds is 2. The molecule has 1 saturated heterocycles. The van der Waals surface area contributed by atoms with Gasteiger partial charge >= 0.3 is 12.1 Å². The number of β-amino-alcohol motifs (C(OH)–C–C–N with tert-alkyl or cyclic N) is 1. The quantitative estimate of drug-likeness (QED) is 0.865. The van der Waals surface area contributed by atoms with E-state index >= 15 is 0 Å². The number of carbonyl (C=O) groups is 2. The number of anilines is 1. The van der Waals surface area contributed by atoms with Crippen LogP contribution in [0.4, 0.5) is 18.9 Å². The van der Waals surface area contributed by atoms with E-state index in [0.29, 0.717) is 15.6 Å². The standard InChI is InChI=1S/C13H12ClF3N2O3/c14-7-1-3-8(4-2-7)18-11(21)10-5-9(20)6-19(10)12(22)13(15,16)17/h1-4,9-10,20H,5-6H2,(H,18,21)/t9-,10+/m0/s1. The predicted octanol–water partition coefficient (Wildman–Crippen LogP) is 1.80. The Hall–Kier alpha value is -1.80. The summed E-state index contributed by atoms with van der Waals surface area (Å²) >= 11 is 5.69. The van der Waals surface area contributed by atoms with Gasteiger partial charge in [-0.2, -0.15) is 13.2 Å². The van der Waals surface area contributed by atoms with Crippen molar-refractivity contribution in [2.24, 2.45) is 0 Å². The summed E-state index contributed by atoms with van der Waals surface area (Å²) < 4.78 is 37.6. The maximum absolute atomic E-state index is 12.5. The number of benzene rings is 1. The molecule has 1 aliphatic heterocycles. The molecule has 0 bridgehead atoms. The molecular formula is C13H12ClF3N2O3. The number of likely N-dealkylation sites (tertiary alicyclic amines) is 1. The Balaban J connectivity index is 2.12. The summed E-state index contributed by atoms with van der Waals surface area (Å²) in [6.45, 7) is -0.531. The van der Waals surface area contributed by atoms with Crippen LogP contribution >= 0.6 is 11.6 Å². The second-order valence-electron chi connectivity index (χ2n) is 4.86. The van der Waals surface area contributed by atoms with Crippen LogP contribution < -0.4 is 5.32 Å². The van der Waals surface area contributed by atoms with Crippen LogP contribution in [0.3, 0.4) is 0 Å². The van der Waals surface area contributed by atoms with E-state index in [1.54, 1.807) is 0 Å². The molecule has 2 atom stereocenters. The second kappa shape index (κ2) is 6.13. The Bertz CT molecular complexity index is 577. The molecule has 0 aromatic heterocycles. The summed E-state index contributed by atoms with van der Waals surface area (Å²) in [6, 6.07) is 4.57. The van der Waals surface area contributed by atoms with Crippen LogP contribution in [-0.4, -0.2) is 46.7 Å².